The third kappa shape index (κ3) is 6.89. The largest absolute Gasteiger partial charge is 0.382 e. The van der Waals surface area contributed by atoms with Crippen LogP contribution in [0.4, 0.5) is 0 Å². The topological polar surface area (TPSA) is 29.5 Å². The van der Waals surface area contributed by atoms with E-state index in [1.807, 2.05) is 14.0 Å². The molecule has 0 bridgehead atoms. The van der Waals surface area contributed by atoms with Gasteiger partial charge in [0.2, 0.25) is 5.91 Å². The first-order valence-corrected chi connectivity index (χ1v) is 5.39. The van der Waals surface area contributed by atoms with Crippen molar-refractivity contribution in [1.29, 1.82) is 0 Å². The van der Waals surface area contributed by atoms with Gasteiger partial charge in [0.1, 0.15) is 0 Å². The Bertz CT molecular complexity index is 157. The van der Waals surface area contributed by atoms with E-state index < -0.39 is 0 Å². The number of hydrogen-bond acceptors (Lipinski definition) is 2. The van der Waals surface area contributed by atoms with Crippen molar-refractivity contribution < 1.29 is 9.53 Å². The van der Waals surface area contributed by atoms with Crippen molar-refractivity contribution >= 4 is 5.91 Å². The zero-order chi connectivity index (χ0) is 11.0. The maximum absolute atomic E-state index is 11.5. The maximum Gasteiger partial charge on any atom is 0.222 e. The van der Waals surface area contributed by atoms with Crippen molar-refractivity contribution in [2.24, 2.45) is 5.92 Å². The molecule has 0 radical (unpaired) electrons. The first kappa shape index (κ1) is 13.4. The summed E-state index contributed by atoms with van der Waals surface area (Å²) >= 11 is 0. The van der Waals surface area contributed by atoms with Crippen LogP contribution in [0.15, 0.2) is 0 Å². The SMILES string of the molecule is CCOCCCC(=O)N(C)CC(C)C. The van der Waals surface area contributed by atoms with Crippen molar-refractivity contribution in [3.05, 3.63) is 0 Å². The van der Waals surface area contributed by atoms with Crippen molar-refractivity contribution in [1.82, 2.24) is 4.90 Å². The molecule has 0 rings (SSSR count). The molecule has 0 aromatic rings. The predicted octanol–water partition coefficient (Wildman–Crippen LogP) is 1.92. The van der Waals surface area contributed by atoms with Crippen LogP contribution in [-0.4, -0.2) is 37.6 Å². The smallest absolute Gasteiger partial charge is 0.222 e. The van der Waals surface area contributed by atoms with E-state index in [4.69, 9.17) is 4.74 Å². The van der Waals surface area contributed by atoms with Crippen molar-refractivity contribution in [3.63, 3.8) is 0 Å². The van der Waals surface area contributed by atoms with Gasteiger partial charge in [-0.3, -0.25) is 4.79 Å². The average molecular weight is 201 g/mol. The standard InChI is InChI=1S/C11H23NO2/c1-5-14-8-6-7-11(13)12(4)9-10(2)3/h10H,5-9H2,1-4H3. The molecule has 1 amide bonds. The van der Waals surface area contributed by atoms with E-state index >= 15 is 0 Å². The lowest BCUT2D eigenvalue weighted by Gasteiger charge is -2.19. The molecule has 3 heteroatoms. The summed E-state index contributed by atoms with van der Waals surface area (Å²) in [5, 5.41) is 0. The van der Waals surface area contributed by atoms with E-state index in [2.05, 4.69) is 13.8 Å². The Kier molecular flexibility index (Phi) is 7.48. The van der Waals surface area contributed by atoms with Crippen LogP contribution in [0.2, 0.25) is 0 Å². The molecule has 0 aliphatic carbocycles. The van der Waals surface area contributed by atoms with Gasteiger partial charge in [0.05, 0.1) is 0 Å². The van der Waals surface area contributed by atoms with Crippen LogP contribution >= 0.6 is 0 Å². The molecule has 84 valence electrons. The van der Waals surface area contributed by atoms with Gasteiger partial charge in [-0.2, -0.15) is 0 Å². The Balaban J connectivity index is 3.52. The van der Waals surface area contributed by atoms with Crippen LogP contribution < -0.4 is 0 Å². The summed E-state index contributed by atoms with van der Waals surface area (Å²) in [6, 6.07) is 0. The molecular formula is C11H23NO2. The fraction of sp³-hybridized carbons (Fsp3) is 0.909. The van der Waals surface area contributed by atoms with Gasteiger partial charge >= 0.3 is 0 Å². The Morgan fingerprint density at radius 3 is 2.57 bits per heavy atom. The Morgan fingerprint density at radius 2 is 2.07 bits per heavy atom. The number of rotatable bonds is 7. The summed E-state index contributed by atoms with van der Waals surface area (Å²) in [6.07, 6.45) is 1.43. The van der Waals surface area contributed by atoms with E-state index in [0.717, 1.165) is 19.6 Å². The third-order valence-electron chi connectivity index (χ3n) is 1.95. The maximum atomic E-state index is 11.5. The molecule has 0 aliphatic rings. The molecule has 0 aromatic carbocycles. The van der Waals surface area contributed by atoms with Gasteiger partial charge in [0, 0.05) is 33.2 Å². The van der Waals surface area contributed by atoms with Crippen LogP contribution in [0.1, 0.15) is 33.6 Å². The average Bonchev–Trinajstić information content (AvgIpc) is 2.11. The van der Waals surface area contributed by atoms with Gasteiger partial charge in [0.15, 0.2) is 0 Å². The zero-order valence-corrected chi connectivity index (χ0v) is 9.88. The lowest BCUT2D eigenvalue weighted by atomic mass is 10.2. The number of hydrogen-bond donors (Lipinski definition) is 0. The molecular weight excluding hydrogens is 178 g/mol. The fourth-order valence-corrected chi connectivity index (χ4v) is 1.31. The van der Waals surface area contributed by atoms with E-state index in [1.165, 1.54) is 0 Å². The number of ether oxygens (including phenoxy) is 1. The van der Waals surface area contributed by atoms with Gasteiger partial charge in [0.25, 0.3) is 0 Å². The van der Waals surface area contributed by atoms with Crippen molar-refractivity contribution in [3.8, 4) is 0 Å². The number of nitrogens with zero attached hydrogens (tertiary/aromatic N) is 1. The molecule has 0 spiro atoms. The second kappa shape index (κ2) is 7.80. The highest BCUT2D eigenvalue weighted by Crippen LogP contribution is 2.00. The van der Waals surface area contributed by atoms with E-state index in [1.54, 1.807) is 4.90 Å². The van der Waals surface area contributed by atoms with Gasteiger partial charge < -0.3 is 9.64 Å². The number of carbonyl (C=O) groups excluding carboxylic acids is 1. The van der Waals surface area contributed by atoms with Crippen molar-refractivity contribution in [2.45, 2.75) is 33.6 Å². The summed E-state index contributed by atoms with van der Waals surface area (Å²) < 4.78 is 5.17. The lowest BCUT2D eigenvalue weighted by Crippen LogP contribution is -2.30. The molecule has 3 nitrogen and oxygen atoms in total. The molecule has 0 fully saturated rings. The Hall–Kier alpha value is -0.570. The highest BCUT2D eigenvalue weighted by molar-refractivity contribution is 5.75. The first-order valence-electron chi connectivity index (χ1n) is 5.39. The molecule has 0 aliphatic heterocycles. The highest BCUT2D eigenvalue weighted by Gasteiger charge is 2.09. The Labute approximate surface area is 87.4 Å². The molecule has 0 aromatic heterocycles. The summed E-state index contributed by atoms with van der Waals surface area (Å²) in [6.45, 7) is 8.46. The summed E-state index contributed by atoms with van der Waals surface area (Å²) in [5.74, 6) is 0.759. The molecule has 0 saturated heterocycles. The second-order valence-corrected chi connectivity index (χ2v) is 3.97. The molecule has 0 N–H and O–H groups in total. The van der Waals surface area contributed by atoms with E-state index in [-0.39, 0.29) is 5.91 Å². The third-order valence-corrected chi connectivity index (χ3v) is 1.95. The van der Waals surface area contributed by atoms with E-state index in [9.17, 15) is 4.79 Å². The lowest BCUT2D eigenvalue weighted by molar-refractivity contribution is -0.130. The summed E-state index contributed by atoms with van der Waals surface area (Å²) in [4.78, 5) is 13.3. The van der Waals surface area contributed by atoms with Gasteiger partial charge in [-0.25, -0.2) is 0 Å². The van der Waals surface area contributed by atoms with Crippen LogP contribution in [0.25, 0.3) is 0 Å². The highest BCUT2D eigenvalue weighted by atomic mass is 16.5. The fourth-order valence-electron chi connectivity index (χ4n) is 1.31. The minimum Gasteiger partial charge on any atom is -0.382 e. The summed E-state index contributed by atoms with van der Waals surface area (Å²) in [5.41, 5.74) is 0. The summed E-state index contributed by atoms with van der Waals surface area (Å²) in [7, 11) is 1.86. The van der Waals surface area contributed by atoms with Gasteiger partial charge in [-0.05, 0) is 19.3 Å². The number of amides is 1. The number of carbonyl (C=O) groups is 1. The van der Waals surface area contributed by atoms with Crippen LogP contribution in [0, 0.1) is 5.92 Å². The van der Waals surface area contributed by atoms with Crippen LogP contribution in [0.5, 0.6) is 0 Å². The second-order valence-electron chi connectivity index (χ2n) is 3.97. The molecule has 0 atom stereocenters. The van der Waals surface area contributed by atoms with Crippen LogP contribution in [-0.2, 0) is 9.53 Å². The monoisotopic (exact) mass is 201 g/mol. The van der Waals surface area contributed by atoms with Crippen LogP contribution in [0.3, 0.4) is 0 Å². The first-order chi connectivity index (χ1) is 6.57. The van der Waals surface area contributed by atoms with Gasteiger partial charge in [-0.15, -0.1) is 0 Å². The van der Waals surface area contributed by atoms with Crippen molar-refractivity contribution in [2.75, 3.05) is 26.8 Å². The van der Waals surface area contributed by atoms with E-state index in [0.29, 0.717) is 18.9 Å². The Morgan fingerprint density at radius 1 is 1.43 bits per heavy atom. The predicted molar refractivity (Wildman–Crippen MR) is 58.2 cm³/mol. The van der Waals surface area contributed by atoms with Gasteiger partial charge in [-0.1, -0.05) is 13.8 Å². The molecule has 14 heavy (non-hydrogen) atoms. The minimum atomic E-state index is 0.221. The zero-order valence-electron chi connectivity index (χ0n) is 9.88. The quantitative estimate of drug-likeness (QED) is 0.589. The molecule has 0 unspecified atom stereocenters. The molecule has 0 saturated carbocycles. The molecule has 0 heterocycles. The normalized spacial score (nSPS) is 10.6. The minimum absolute atomic E-state index is 0.221.